The number of aromatic nitrogens is 2. The Morgan fingerprint density at radius 3 is 2.71 bits per heavy atom. The first-order valence-corrected chi connectivity index (χ1v) is 8.48. The number of hydrogen-bond acceptors (Lipinski definition) is 5. The summed E-state index contributed by atoms with van der Waals surface area (Å²) in [6, 6.07) is 1.83. The van der Waals surface area contributed by atoms with Crippen LogP contribution in [0.4, 0.5) is 0 Å². The van der Waals surface area contributed by atoms with Gasteiger partial charge in [-0.25, -0.2) is 0 Å². The number of carbonyl (C=O) groups excluding carboxylic acids is 1. The van der Waals surface area contributed by atoms with Crippen molar-refractivity contribution in [1.82, 2.24) is 15.1 Å². The molecule has 132 valence electrons. The minimum absolute atomic E-state index is 0.120. The summed E-state index contributed by atoms with van der Waals surface area (Å²) in [6.45, 7) is 5.90. The predicted molar refractivity (Wildman–Crippen MR) is 92.7 cm³/mol. The Hall–Kier alpha value is -1.93. The SMILES string of the molecule is COCC(C)(CC(=O)O)NC(=O)c1cc2c(C(C)C)nn(C)c2s1. The van der Waals surface area contributed by atoms with Crippen molar-refractivity contribution in [3.8, 4) is 0 Å². The molecule has 8 heteroatoms. The molecule has 0 aromatic carbocycles. The molecule has 7 nitrogen and oxygen atoms in total. The number of ether oxygens (including phenoxy) is 1. The lowest BCUT2D eigenvalue weighted by molar-refractivity contribution is -0.139. The molecule has 24 heavy (non-hydrogen) atoms. The molecule has 1 atom stereocenters. The highest BCUT2D eigenvalue weighted by molar-refractivity contribution is 7.20. The Morgan fingerprint density at radius 1 is 1.50 bits per heavy atom. The number of amides is 1. The summed E-state index contributed by atoms with van der Waals surface area (Å²) in [5, 5.41) is 17.3. The number of thiophene rings is 1. The van der Waals surface area contributed by atoms with Gasteiger partial charge in [0.1, 0.15) is 4.83 Å². The fourth-order valence-electron chi connectivity index (χ4n) is 2.72. The molecule has 0 aliphatic carbocycles. The summed E-state index contributed by atoms with van der Waals surface area (Å²) >= 11 is 1.35. The van der Waals surface area contributed by atoms with Crippen molar-refractivity contribution in [2.24, 2.45) is 7.05 Å². The van der Waals surface area contributed by atoms with Crippen molar-refractivity contribution >= 4 is 33.4 Å². The summed E-state index contributed by atoms with van der Waals surface area (Å²) in [5.74, 6) is -1.03. The Bertz CT molecular complexity index is 765. The van der Waals surface area contributed by atoms with E-state index in [1.165, 1.54) is 18.4 Å². The second-order valence-electron chi connectivity index (χ2n) is 6.51. The zero-order valence-corrected chi connectivity index (χ0v) is 15.4. The molecule has 2 aromatic heterocycles. The molecular formula is C16H23N3O4S. The molecule has 2 heterocycles. The van der Waals surface area contributed by atoms with E-state index in [1.807, 2.05) is 13.1 Å². The van der Waals surface area contributed by atoms with E-state index >= 15 is 0 Å². The lowest BCUT2D eigenvalue weighted by atomic mass is 9.99. The molecule has 0 radical (unpaired) electrons. The van der Waals surface area contributed by atoms with Gasteiger partial charge in [0.2, 0.25) is 0 Å². The van der Waals surface area contributed by atoms with Crippen LogP contribution in [0.2, 0.25) is 0 Å². The minimum atomic E-state index is -0.988. The van der Waals surface area contributed by atoms with Gasteiger partial charge in [0, 0.05) is 19.5 Å². The first kappa shape index (κ1) is 18.4. The summed E-state index contributed by atoms with van der Waals surface area (Å²) in [4.78, 5) is 25.1. The average molecular weight is 353 g/mol. The Labute approximate surface area is 144 Å². The summed E-state index contributed by atoms with van der Waals surface area (Å²) in [5.41, 5.74) is -0.0135. The van der Waals surface area contributed by atoms with Crippen molar-refractivity contribution in [1.29, 1.82) is 0 Å². The van der Waals surface area contributed by atoms with Gasteiger partial charge in [-0.3, -0.25) is 14.3 Å². The van der Waals surface area contributed by atoms with Crippen LogP contribution in [-0.4, -0.2) is 46.0 Å². The van der Waals surface area contributed by atoms with Crippen molar-refractivity contribution < 1.29 is 19.4 Å². The largest absolute Gasteiger partial charge is 0.481 e. The van der Waals surface area contributed by atoms with E-state index in [4.69, 9.17) is 9.84 Å². The lowest BCUT2D eigenvalue weighted by Gasteiger charge is -2.28. The van der Waals surface area contributed by atoms with E-state index in [0.29, 0.717) is 4.88 Å². The maximum atomic E-state index is 12.6. The first-order chi connectivity index (χ1) is 11.2. The number of fused-ring (bicyclic) bond motifs is 1. The number of methoxy groups -OCH3 is 1. The van der Waals surface area contributed by atoms with Gasteiger partial charge >= 0.3 is 5.97 Å². The normalized spacial score (nSPS) is 14.1. The van der Waals surface area contributed by atoms with Crippen molar-refractivity contribution in [2.45, 2.75) is 38.6 Å². The van der Waals surface area contributed by atoms with Crippen LogP contribution in [0.3, 0.4) is 0 Å². The molecule has 0 aliphatic rings. The van der Waals surface area contributed by atoms with Crippen LogP contribution in [0.5, 0.6) is 0 Å². The number of rotatable bonds is 7. The van der Waals surface area contributed by atoms with E-state index in [2.05, 4.69) is 24.3 Å². The van der Waals surface area contributed by atoms with Crippen LogP contribution in [0.1, 0.15) is 48.5 Å². The standard InChI is InChI=1S/C16H23N3O4S/c1-9(2)13-10-6-11(24-15(10)19(4)18-13)14(22)17-16(3,8-23-5)7-12(20)21/h6,9H,7-8H2,1-5H3,(H,17,22)(H,20,21). The van der Waals surface area contributed by atoms with Gasteiger partial charge in [-0.05, 0) is 18.9 Å². The van der Waals surface area contributed by atoms with E-state index < -0.39 is 11.5 Å². The highest BCUT2D eigenvalue weighted by Gasteiger charge is 2.31. The lowest BCUT2D eigenvalue weighted by Crippen LogP contribution is -2.50. The number of carboxylic acids is 1. The highest BCUT2D eigenvalue weighted by atomic mass is 32.1. The maximum Gasteiger partial charge on any atom is 0.305 e. The second kappa shape index (κ2) is 6.90. The van der Waals surface area contributed by atoms with E-state index in [0.717, 1.165) is 15.9 Å². The van der Waals surface area contributed by atoms with Gasteiger partial charge in [0.05, 0.1) is 29.1 Å². The average Bonchev–Trinajstić information content (AvgIpc) is 2.98. The van der Waals surface area contributed by atoms with Crippen molar-refractivity contribution in [2.75, 3.05) is 13.7 Å². The van der Waals surface area contributed by atoms with E-state index in [1.54, 1.807) is 11.6 Å². The van der Waals surface area contributed by atoms with Crippen LogP contribution < -0.4 is 5.32 Å². The molecule has 2 aromatic rings. The second-order valence-corrected chi connectivity index (χ2v) is 7.54. The van der Waals surface area contributed by atoms with Crippen molar-refractivity contribution in [3.05, 3.63) is 16.6 Å². The number of nitrogens with zero attached hydrogens (tertiary/aromatic N) is 2. The van der Waals surface area contributed by atoms with Gasteiger partial charge in [-0.1, -0.05) is 13.8 Å². The topological polar surface area (TPSA) is 93.4 Å². The summed E-state index contributed by atoms with van der Waals surface area (Å²) in [6.07, 6.45) is -0.212. The van der Waals surface area contributed by atoms with Crippen LogP contribution in [0.15, 0.2) is 6.07 Å². The van der Waals surface area contributed by atoms with Gasteiger partial charge in [-0.15, -0.1) is 11.3 Å². The number of aryl methyl sites for hydroxylation is 1. The number of carboxylic acid groups (broad SMARTS) is 1. The van der Waals surface area contributed by atoms with Gasteiger partial charge in [0.15, 0.2) is 0 Å². The summed E-state index contributed by atoms with van der Waals surface area (Å²) < 4.78 is 6.84. The number of carbonyl (C=O) groups is 2. The van der Waals surface area contributed by atoms with Gasteiger partial charge < -0.3 is 15.2 Å². The third kappa shape index (κ3) is 3.76. The monoisotopic (exact) mass is 353 g/mol. The van der Waals surface area contributed by atoms with Crippen LogP contribution >= 0.6 is 11.3 Å². The molecule has 0 spiro atoms. The van der Waals surface area contributed by atoms with E-state index in [-0.39, 0.29) is 24.9 Å². The number of nitrogens with one attached hydrogen (secondary N) is 1. The smallest absolute Gasteiger partial charge is 0.305 e. The third-order valence-electron chi connectivity index (χ3n) is 3.73. The molecule has 0 saturated heterocycles. The zero-order valence-electron chi connectivity index (χ0n) is 14.5. The van der Waals surface area contributed by atoms with Gasteiger partial charge in [-0.2, -0.15) is 5.10 Å². The molecule has 1 unspecified atom stereocenters. The number of hydrogen-bond donors (Lipinski definition) is 2. The molecule has 1 amide bonds. The maximum absolute atomic E-state index is 12.6. The summed E-state index contributed by atoms with van der Waals surface area (Å²) in [7, 11) is 3.33. The quantitative estimate of drug-likeness (QED) is 0.797. The molecule has 0 saturated carbocycles. The highest BCUT2D eigenvalue weighted by Crippen LogP contribution is 2.31. The number of aliphatic carboxylic acids is 1. The fourth-order valence-corrected chi connectivity index (χ4v) is 3.70. The molecule has 2 rings (SSSR count). The minimum Gasteiger partial charge on any atom is -0.481 e. The fraction of sp³-hybridized carbons (Fsp3) is 0.562. The third-order valence-corrected chi connectivity index (χ3v) is 4.93. The van der Waals surface area contributed by atoms with Gasteiger partial charge in [0.25, 0.3) is 5.91 Å². The van der Waals surface area contributed by atoms with Crippen LogP contribution in [-0.2, 0) is 16.6 Å². The van der Waals surface area contributed by atoms with Crippen molar-refractivity contribution in [3.63, 3.8) is 0 Å². The molecular weight excluding hydrogens is 330 g/mol. The van der Waals surface area contributed by atoms with Crippen LogP contribution in [0, 0.1) is 0 Å². The molecule has 0 bridgehead atoms. The first-order valence-electron chi connectivity index (χ1n) is 7.66. The molecule has 2 N–H and O–H groups in total. The Kier molecular flexibility index (Phi) is 5.29. The Morgan fingerprint density at radius 2 is 2.17 bits per heavy atom. The predicted octanol–water partition coefficient (Wildman–Crippen LogP) is 2.37. The van der Waals surface area contributed by atoms with Crippen LogP contribution in [0.25, 0.3) is 10.2 Å². The zero-order chi connectivity index (χ0) is 18.1. The molecule has 0 fully saturated rings. The van der Waals surface area contributed by atoms with E-state index in [9.17, 15) is 9.59 Å². The molecule has 0 aliphatic heterocycles. The Balaban J connectivity index is 2.30.